The van der Waals surface area contributed by atoms with E-state index in [1.807, 2.05) is 0 Å². The Bertz CT molecular complexity index is 807. The van der Waals surface area contributed by atoms with Crippen LogP contribution >= 0.6 is 0 Å². The summed E-state index contributed by atoms with van der Waals surface area (Å²) in [6, 6.07) is 0. The monoisotopic (exact) mass is 776 g/mol. The van der Waals surface area contributed by atoms with E-state index in [2.05, 4.69) is 32.6 Å². The van der Waals surface area contributed by atoms with Crippen molar-refractivity contribution >= 4 is 17.7 Å². The molecule has 0 amide bonds. The van der Waals surface area contributed by atoms with Gasteiger partial charge >= 0.3 is 11.9 Å². The summed E-state index contributed by atoms with van der Waals surface area (Å²) in [5.74, 6) is 0.0236. The van der Waals surface area contributed by atoms with Gasteiger partial charge in [0.2, 0.25) is 0 Å². The van der Waals surface area contributed by atoms with Crippen molar-refractivity contribution in [3.63, 3.8) is 0 Å². The van der Waals surface area contributed by atoms with Crippen molar-refractivity contribution < 1.29 is 23.9 Å². The molecule has 0 saturated carbocycles. The predicted molar refractivity (Wildman–Crippen MR) is 234 cm³/mol. The normalized spacial score (nSPS) is 13.4. The van der Waals surface area contributed by atoms with Crippen LogP contribution in [0.25, 0.3) is 0 Å². The smallest absolute Gasteiger partial charge is 0.306 e. The first kappa shape index (κ1) is 51.6. The van der Waals surface area contributed by atoms with Crippen LogP contribution in [0.15, 0.2) is 0 Å². The molecule has 0 aliphatic carbocycles. The third kappa shape index (κ3) is 31.3. The lowest BCUT2D eigenvalue weighted by molar-refractivity contribution is -0.150. The SMILES string of the molecule is CCCCCCCC(CCCCCCC)OC(=O)CCCC(CCCC(=O)OC(CCCCCCC)CCCCCCC)C(=O)CCCCCN1CCCC1. The molecule has 324 valence electrons. The maximum Gasteiger partial charge on any atom is 0.306 e. The number of Topliss-reactive ketones (excluding diaryl/α,β-unsaturated/α-hetero) is 1. The molecule has 1 fully saturated rings. The average Bonchev–Trinajstić information content (AvgIpc) is 3.70. The van der Waals surface area contributed by atoms with Crippen LogP contribution in [0.3, 0.4) is 0 Å². The number of hydrogen-bond donors (Lipinski definition) is 0. The van der Waals surface area contributed by atoms with Crippen LogP contribution < -0.4 is 0 Å². The third-order valence-corrected chi connectivity index (χ3v) is 12.0. The highest BCUT2D eigenvalue weighted by molar-refractivity contribution is 5.81. The molecule has 1 aliphatic rings. The molecule has 0 bridgehead atoms. The van der Waals surface area contributed by atoms with Gasteiger partial charge in [0.05, 0.1) is 0 Å². The number of likely N-dealkylation sites (tertiary alicyclic amines) is 1. The van der Waals surface area contributed by atoms with Gasteiger partial charge in [-0.1, -0.05) is 137 Å². The zero-order chi connectivity index (χ0) is 40.0. The summed E-state index contributed by atoms with van der Waals surface area (Å²) < 4.78 is 12.2. The van der Waals surface area contributed by atoms with Gasteiger partial charge in [-0.3, -0.25) is 14.4 Å². The molecule has 0 radical (unpaired) electrons. The lowest BCUT2D eigenvalue weighted by Gasteiger charge is -2.20. The number of nitrogens with zero attached hydrogens (tertiary/aromatic N) is 1. The molecule has 0 aromatic carbocycles. The van der Waals surface area contributed by atoms with E-state index in [0.29, 0.717) is 50.7 Å². The molecule has 0 spiro atoms. The van der Waals surface area contributed by atoms with Gasteiger partial charge in [-0.2, -0.15) is 0 Å². The molecule has 0 aromatic heterocycles. The van der Waals surface area contributed by atoms with Crippen LogP contribution in [-0.4, -0.2) is 54.5 Å². The minimum Gasteiger partial charge on any atom is -0.462 e. The number of ether oxygens (including phenoxy) is 2. The Morgan fingerprint density at radius 3 is 1.16 bits per heavy atom. The third-order valence-electron chi connectivity index (χ3n) is 12.0. The van der Waals surface area contributed by atoms with Crippen LogP contribution in [0.5, 0.6) is 0 Å². The minimum atomic E-state index is -0.0979. The van der Waals surface area contributed by atoms with Crippen molar-refractivity contribution in [3.8, 4) is 0 Å². The highest BCUT2D eigenvalue weighted by atomic mass is 16.5. The van der Waals surface area contributed by atoms with Crippen LogP contribution in [0, 0.1) is 5.92 Å². The van der Waals surface area contributed by atoms with E-state index in [1.54, 1.807) is 0 Å². The fourth-order valence-corrected chi connectivity index (χ4v) is 8.39. The van der Waals surface area contributed by atoms with Crippen LogP contribution in [0.4, 0.5) is 0 Å². The maximum absolute atomic E-state index is 13.6. The van der Waals surface area contributed by atoms with Crippen molar-refractivity contribution in [1.82, 2.24) is 4.90 Å². The molecule has 1 rings (SSSR count). The Balaban J connectivity index is 2.68. The summed E-state index contributed by atoms with van der Waals surface area (Å²) in [7, 11) is 0. The van der Waals surface area contributed by atoms with Crippen molar-refractivity contribution in [1.29, 1.82) is 0 Å². The van der Waals surface area contributed by atoms with Crippen molar-refractivity contribution in [2.24, 2.45) is 5.92 Å². The van der Waals surface area contributed by atoms with Crippen molar-refractivity contribution in [3.05, 3.63) is 0 Å². The molecule has 0 N–H and O–H groups in total. The van der Waals surface area contributed by atoms with E-state index in [0.717, 1.165) is 77.2 Å². The summed E-state index contributed by atoms with van der Waals surface area (Å²) in [5.41, 5.74) is 0. The average molecular weight is 776 g/mol. The molecule has 1 aliphatic heterocycles. The number of rotatable bonds is 41. The van der Waals surface area contributed by atoms with Gasteiger partial charge in [-0.05, 0) is 122 Å². The molecule has 1 heterocycles. The molecule has 6 nitrogen and oxygen atoms in total. The van der Waals surface area contributed by atoms with Crippen molar-refractivity contribution in [2.75, 3.05) is 19.6 Å². The molecule has 1 saturated heterocycles. The van der Waals surface area contributed by atoms with Crippen LogP contribution in [0.2, 0.25) is 0 Å². The summed E-state index contributed by atoms with van der Waals surface area (Å²) in [4.78, 5) is 42.4. The van der Waals surface area contributed by atoms with E-state index in [9.17, 15) is 14.4 Å². The van der Waals surface area contributed by atoms with Crippen molar-refractivity contribution in [2.45, 2.75) is 271 Å². The number of carbonyl (C=O) groups is 3. The molecular formula is C49H93NO5. The first-order chi connectivity index (χ1) is 26.9. The highest BCUT2D eigenvalue weighted by Crippen LogP contribution is 2.24. The zero-order valence-corrected chi connectivity index (χ0v) is 37.3. The molecule has 0 atom stereocenters. The summed E-state index contributed by atoms with van der Waals surface area (Å²) in [5, 5.41) is 0. The predicted octanol–water partition coefficient (Wildman–Crippen LogP) is 14.4. The first-order valence-electron chi connectivity index (χ1n) is 24.6. The Labute approximate surface area is 342 Å². The number of carbonyl (C=O) groups excluding carboxylic acids is 3. The van der Waals surface area contributed by atoms with Gasteiger partial charge in [0.1, 0.15) is 18.0 Å². The number of esters is 2. The number of ketones is 1. The van der Waals surface area contributed by atoms with Gasteiger partial charge in [0, 0.05) is 25.2 Å². The first-order valence-corrected chi connectivity index (χ1v) is 24.6. The second-order valence-electron chi connectivity index (χ2n) is 17.3. The second kappa shape index (κ2) is 38.1. The van der Waals surface area contributed by atoms with Gasteiger partial charge in [-0.25, -0.2) is 0 Å². The molecule has 0 unspecified atom stereocenters. The molecule has 6 heteroatoms. The minimum absolute atomic E-state index is 0.0243. The van der Waals surface area contributed by atoms with E-state index in [4.69, 9.17) is 9.47 Å². The largest absolute Gasteiger partial charge is 0.462 e. The summed E-state index contributed by atoms with van der Waals surface area (Å²) >= 11 is 0. The Morgan fingerprint density at radius 2 is 0.782 bits per heavy atom. The summed E-state index contributed by atoms with van der Waals surface area (Å²) in [6.45, 7) is 12.6. The number of hydrogen-bond acceptors (Lipinski definition) is 6. The standard InChI is InChI=1S/C49H93NO5/c1-5-9-13-17-22-34-45(35-23-18-14-10-6-2)54-48(52)39-30-32-44(47(51)38-26-21-27-41-50-42-28-29-43-50)33-31-40-49(53)55-46(36-24-19-15-11-7-3)37-25-20-16-12-8-4/h44-46H,5-43H2,1-4H3. The molecule has 0 aromatic rings. The second-order valence-corrected chi connectivity index (χ2v) is 17.3. The fourth-order valence-electron chi connectivity index (χ4n) is 8.39. The van der Waals surface area contributed by atoms with Gasteiger partial charge < -0.3 is 14.4 Å². The highest BCUT2D eigenvalue weighted by Gasteiger charge is 2.22. The van der Waals surface area contributed by atoms with Gasteiger partial charge in [0.25, 0.3) is 0 Å². The van der Waals surface area contributed by atoms with E-state index >= 15 is 0 Å². The molecular weight excluding hydrogens is 683 g/mol. The van der Waals surface area contributed by atoms with Crippen LogP contribution in [0.1, 0.15) is 259 Å². The lowest BCUT2D eigenvalue weighted by Crippen LogP contribution is -2.21. The van der Waals surface area contributed by atoms with Gasteiger partial charge in [-0.15, -0.1) is 0 Å². The van der Waals surface area contributed by atoms with E-state index < -0.39 is 0 Å². The Morgan fingerprint density at radius 1 is 0.418 bits per heavy atom. The van der Waals surface area contributed by atoms with Gasteiger partial charge in [0.15, 0.2) is 0 Å². The van der Waals surface area contributed by atoms with E-state index in [1.165, 1.54) is 129 Å². The van der Waals surface area contributed by atoms with Crippen LogP contribution in [-0.2, 0) is 23.9 Å². The topological polar surface area (TPSA) is 72.9 Å². The summed E-state index contributed by atoms with van der Waals surface area (Å²) in [6.07, 6.45) is 38.3. The maximum atomic E-state index is 13.6. The lowest BCUT2D eigenvalue weighted by atomic mass is 9.89. The molecule has 55 heavy (non-hydrogen) atoms. The fraction of sp³-hybridized carbons (Fsp3) is 0.939. The Kier molecular flexibility index (Phi) is 35.7. The van der Waals surface area contributed by atoms with E-state index in [-0.39, 0.29) is 30.1 Å². The Hall–Kier alpha value is -1.43. The number of unbranched alkanes of at least 4 members (excludes halogenated alkanes) is 18. The zero-order valence-electron chi connectivity index (χ0n) is 37.3. The quantitative estimate of drug-likeness (QED) is 0.0455.